The molecule has 3 N–H and O–H groups in total. The van der Waals surface area contributed by atoms with Crippen molar-refractivity contribution in [1.29, 1.82) is 0 Å². The van der Waals surface area contributed by atoms with E-state index in [0.29, 0.717) is 39.3 Å². The number of aliphatic hydroxyl groups excluding tert-OH is 2. The first-order valence-corrected chi connectivity index (χ1v) is 12.9. The highest BCUT2D eigenvalue weighted by Crippen LogP contribution is 2.38. The smallest absolute Gasteiger partial charge is 0.319 e. The highest BCUT2D eigenvalue weighted by molar-refractivity contribution is 6.36. The molecule has 2 aliphatic heterocycles. The molecule has 4 heterocycles. The average Bonchev–Trinajstić information content (AvgIpc) is 3.25. The van der Waals surface area contributed by atoms with Gasteiger partial charge in [0, 0.05) is 60.4 Å². The number of nitrogens with zero attached hydrogens (tertiary/aromatic N) is 4. The van der Waals surface area contributed by atoms with Crippen LogP contribution in [0.4, 0.5) is 10.2 Å². The van der Waals surface area contributed by atoms with Gasteiger partial charge in [0.2, 0.25) is 0 Å². The van der Waals surface area contributed by atoms with Gasteiger partial charge < -0.3 is 25.2 Å². The van der Waals surface area contributed by atoms with Crippen LogP contribution in [0.3, 0.4) is 0 Å². The monoisotopic (exact) mass is 523 g/mol. The van der Waals surface area contributed by atoms with Crippen molar-refractivity contribution in [3.05, 3.63) is 53.4 Å². The van der Waals surface area contributed by atoms with Crippen LogP contribution in [-0.4, -0.2) is 69.7 Å². The van der Waals surface area contributed by atoms with Crippen molar-refractivity contribution < 1.29 is 19.3 Å². The summed E-state index contributed by atoms with van der Waals surface area (Å²) in [5.74, 6) is -0.0489. The molecule has 2 fully saturated rings. The molecule has 192 valence electrons. The Balaban J connectivity index is 1.52. The van der Waals surface area contributed by atoms with E-state index >= 15 is 4.39 Å². The van der Waals surface area contributed by atoms with E-state index in [-0.39, 0.29) is 36.9 Å². The molecule has 0 saturated carbocycles. The Bertz CT molecular complexity index is 1450. The van der Waals surface area contributed by atoms with Crippen LogP contribution in [0.1, 0.15) is 19.3 Å². The summed E-state index contributed by atoms with van der Waals surface area (Å²) in [6.45, 7) is 0.958. The van der Waals surface area contributed by atoms with Gasteiger partial charge in [0.05, 0.1) is 12.0 Å². The molecule has 2 bridgehead atoms. The lowest BCUT2D eigenvalue weighted by molar-refractivity contribution is 0.0832. The lowest BCUT2D eigenvalue weighted by Gasteiger charge is -2.34. The second-order valence-corrected chi connectivity index (χ2v) is 10.0. The third-order valence-corrected chi connectivity index (χ3v) is 7.51. The van der Waals surface area contributed by atoms with E-state index in [2.05, 4.69) is 25.2 Å². The Morgan fingerprint density at radius 1 is 1.11 bits per heavy atom. The third kappa shape index (κ3) is 4.46. The van der Waals surface area contributed by atoms with Gasteiger partial charge in [-0.05, 0) is 24.3 Å². The largest absolute Gasteiger partial charge is 0.458 e. The maximum Gasteiger partial charge on any atom is 0.319 e. The molecular weight excluding hydrogens is 497 g/mol. The molecule has 6 rings (SSSR count). The molecule has 0 aliphatic carbocycles. The quantitative estimate of drug-likeness (QED) is 0.337. The van der Waals surface area contributed by atoms with Gasteiger partial charge in [-0.1, -0.05) is 41.9 Å². The molecule has 3 atom stereocenters. The third-order valence-electron chi connectivity index (χ3n) is 7.20. The van der Waals surface area contributed by atoms with E-state index in [4.69, 9.17) is 16.3 Å². The number of ether oxygens (including phenoxy) is 1. The number of aromatic nitrogens is 3. The Kier molecular flexibility index (Phi) is 6.54. The van der Waals surface area contributed by atoms with Crippen LogP contribution in [-0.2, 0) is 0 Å². The van der Waals surface area contributed by atoms with Crippen molar-refractivity contribution in [3.8, 4) is 17.3 Å². The first-order valence-electron chi connectivity index (χ1n) is 12.5. The molecule has 2 aromatic carbocycles. The van der Waals surface area contributed by atoms with Gasteiger partial charge in [-0.3, -0.25) is 4.98 Å². The van der Waals surface area contributed by atoms with Crippen molar-refractivity contribution in [2.45, 2.75) is 37.5 Å². The van der Waals surface area contributed by atoms with Crippen molar-refractivity contribution >= 4 is 39.1 Å². The number of piperazine rings is 1. The standard InChI is InChI=1S/C27H27ClFN5O3/c28-21-6-2-4-15-3-1-5-19(22(15)21)24-23(29)25-20(11-30-24)26(34-12-16-7-8-17(13-34)31-16)33-27(32-25)37-18(14-36)9-10-35/h1-6,11,16-18,31,35-36H,7-10,12-14H2/t16?,17?,18-/m0/s1. The number of hydrogen-bond acceptors (Lipinski definition) is 8. The number of aliphatic hydroxyl groups is 2. The van der Waals surface area contributed by atoms with E-state index in [1.165, 1.54) is 0 Å². The van der Waals surface area contributed by atoms with Gasteiger partial charge in [-0.15, -0.1) is 0 Å². The molecule has 2 aromatic heterocycles. The van der Waals surface area contributed by atoms with Gasteiger partial charge in [-0.2, -0.15) is 9.97 Å². The summed E-state index contributed by atoms with van der Waals surface area (Å²) in [5.41, 5.74) is 0.788. The van der Waals surface area contributed by atoms with E-state index in [9.17, 15) is 10.2 Å². The number of rotatable bonds is 7. The van der Waals surface area contributed by atoms with Crippen LogP contribution in [0.15, 0.2) is 42.6 Å². The Labute approximate surface area is 218 Å². The van der Waals surface area contributed by atoms with Crippen LogP contribution >= 0.6 is 11.6 Å². The summed E-state index contributed by atoms with van der Waals surface area (Å²) in [5, 5.41) is 25.2. The highest BCUT2D eigenvalue weighted by Gasteiger charge is 2.34. The first kappa shape index (κ1) is 24.2. The van der Waals surface area contributed by atoms with Gasteiger partial charge in [-0.25, -0.2) is 4.39 Å². The SMILES string of the molecule is OCC[C@@H](CO)Oc1nc(N2CC3CCC(C2)N3)c2cnc(-c3cccc4cccc(Cl)c34)c(F)c2n1. The molecule has 2 unspecified atom stereocenters. The fraction of sp³-hybridized carbons (Fsp3) is 0.370. The number of nitrogens with one attached hydrogen (secondary N) is 1. The van der Waals surface area contributed by atoms with Crippen molar-refractivity contribution in [2.75, 3.05) is 31.2 Å². The average molecular weight is 524 g/mol. The second kappa shape index (κ2) is 9.98. The molecule has 2 saturated heterocycles. The molecule has 4 aromatic rings. The minimum atomic E-state index is -0.712. The topological polar surface area (TPSA) is 104 Å². The number of fused-ring (bicyclic) bond motifs is 4. The molecule has 37 heavy (non-hydrogen) atoms. The van der Waals surface area contributed by atoms with Gasteiger partial charge in [0.15, 0.2) is 5.82 Å². The number of pyridine rings is 1. The summed E-state index contributed by atoms with van der Waals surface area (Å²) in [6.07, 6.45) is 3.26. The minimum absolute atomic E-state index is 0.0483. The van der Waals surface area contributed by atoms with Crippen LogP contribution in [0.5, 0.6) is 6.01 Å². The first-order chi connectivity index (χ1) is 18.1. The maximum absolute atomic E-state index is 16.3. The second-order valence-electron chi connectivity index (χ2n) is 9.63. The summed E-state index contributed by atoms with van der Waals surface area (Å²) in [7, 11) is 0. The molecule has 0 amide bonds. The van der Waals surface area contributed by atoms with Crippen LogP contribution in [0, 0.1) is 5.82 Å². The zero-order chi connectivity index (χ0) is 25.5. The van der Waals surface area contributed by atoms with Crippen LogP contribution < -0.4 is 15.0 Å². The summed E-state index contributed by atoms with van der Waals surface area (Å²) in [6, 6.07) is 11.7. The normalized spacial score (nSPS) is 20.1. The summed E-state index contributed by atoms with van der Waals surface area (Å²) < 4.78 is 22.1. The zero-order valence-corrected chi connectivity index (χ0v) is 20.8. The molecule has 0 radical (unpaired) electrons. The fourth-order valence-electron chi connectivity index (χ4n) is 5.45. The molecule has 2 aliphatic rings. The zero-order valence-electron chi connectivity index (χ0n) is 20.1. The van der Waals surface area contributed by atoms with Crippen LogP contribution in [0.25, 0.3) is 32.9 Å². The Hall–Kier alpha value is -3.11. The number of halogens is 2. The summed E-state index contributed by atoms with van der Waals surface area (Å²) >= 11 is 6.52. The van der Waals surface area contributed by atoms with E-state index < -0.39 is 11.9 Å². The molecule has 8 nitrogen and oxygen atoms in total. The lowest BCUT2D eigenvalue weighted by atomic mass is 10.0. The Morgan fingerprint density at radius 2 is 1.86 bits per heavy atom. The fourth-order valence-corrected chi connectivity index (χ4v) is 5.73. The Morgan fingerprint density at radius 3 is 2.59 bits per heavy atom. The van der Waals surface area contributed by atoms with Crippen molar-refractivity contribution in [2.24, 2.45) is 0 Å². The number of anilines is 1. The van der Waals surface area contributed by atoms with Gasteiger partial charge in [0.1, 0.15) is 23.1 Å². The van der Waals surface area contributed by atoms with Gasteiger partial charge >= 0.3 is 6.01 Å². The predicted molar refractivity (Wildman–Crippen MR) is 141 cm³/mol. The van der Waals surface area contributed by atoms with Crippen molar-refractivity contribution in [1.82, 2.24) is 20.3 Å². The highest BCUT2D eigenvalue weighted by atomic mass is 35.5. The van der Waals surface area contributed by atoms with E-state index in [1.54, 1.807) is 18.3 Å². The molecule has 10 heteroatoms. The van der Waals surface area contributed by atoms with E-state index in [1.807, 2.05) is 24.3 Å². The van der Waals surface area contributed by atoms with Gasteiger partial charge in [0.25, 0.3) is 0 Å². The number of hydrogen-bond donors (Lipinski definition) is 3. The molecule has 0 spiro atoms. The van der Waals surface area contributed by atoms with E-state index in [0.717, 1.165) is 31.3 Å². The van der Waals surface area contributed by atoms with Crippen molar-refractivity contribution in [3.63, 3.8) is 0 Å². The summed E-state index contributed by atoms with van der Waals surface area (Å²) in [4.78, 5) is 15.7. The predicted octanol–water partition coefficient (Wildman–Crippen LogP) is 3.70. The molecular formula is C27H27ClFN5O3. The minimum Gasteiger partial charge on any atom is -0.458 e. The van der Waals surface area contributed by atoms with Crippen LogP contribution in [0.2, 0.25) is 5.02 Å². The number of benzene rings is 2. The maximum atomic E-state index is 16.3. The lowest BCUT2D eigenvalue weighted by Crippen LogP contribution is -2.51.